The van der Waals surface area contributed by atoms with Crippen molar-refractivity contribution in [2.75, 3.05) is 13.2 Å². The van der Waals surface area contributed by atoms with Crippen LogP contribution in [0.5, 0.6) is 0 Å². The van der Waals surface area contributed by atoms with Crippen LogP contribution in [-0.2, 0) is 12.8 Å². The first-order valence-electron chi connectivity index (χ1n) is 10.5. The van der Waals surface area contributed by atoms with Crippen LogP contribution in [0.4, 0.5) is 0 Å². The van der Waals surface area contributed by atoms with Crippen LogP contribution in [-0.4, -0.2) is 44.7 Å². The van der Waals surface area contributed by atoms with Crippen molar-refractivity contribution in [1.29, 1.82) is 0 Å². The van der Waals surface area contributed by atoms with Crippen LogP contribution in [0.1, 0.15) is 61.3 Å². The summed E-state index contributed by atoms with van der Waals surface area (Å²) in [6.07, 6.45) is 5.30. The van der Waals surface area contributed by atoms with E-state index in [-0.39, 0.29) is 47.5 Å². The number of nitrogens with zero attached hydrogens (tertiary/aromatic N) is 1. The highest BCUT2D eigenvalue weighted by molar-refractivity contribution is 5.87. The van der Waals surface area contributed by atoms with E-state index in [1.54, 1.807) is 0 Å². The molecule has 0 unspecified atom stereocenters. The molecule has 1 aromatic heterocycles. The Labute approximate surface area is 166 Å². The Morgan fingerprint density at radius 1 is 1.25 bits per heavy atom. The van der Waals surface area contributed by atoms with Gasteiger partial charge in [0.1, 0.15) is 0 Å². The number of carboxylic acids is 1. The molecule has 0 bridgehead atoms. The van der Waals surface area contributed by atoms with Crippen LogP contribution in [0.15, 0.2) is 12.2 Å². The number of fused-ring (bicyclic) bond motifs is 2. The lowest BCUT2D eigenvalue weighted by Crippen LogP contribution is -2.52. The molecule has 4 N–H and O–H groups in total. The maximum absolute atomic E-state index is 11.6. The van der Waals surface area contributed by atoms with Crippen molar-refractivity contribution in [3.8, 4) is 0 Å². The highest BCUT2D eigenvalue weighted by Crippen LogP contribution is 2.62. The van der Waals surface area contributed by atoms with Crippen LogP contribution in [0.2, 0.25) is 0 Å². The van der Waals surface area contributed by atoms with Crippen molar-refractivity contribution in [2.45, 2.75) is 52.4 Å². The fourth-order valence-electron chi connectivity index (χ4n) is 6.92. The molecule has 6 atom stereocenters. The number of allylic oxidation sites excluding steroid dienone is 1. The predicted octanol–water partition coefficient (Wildman–Crippen LogP) is 2.81. The first-order chi connectivity index (χ1) is 13.3. The smallest absolute Gasteiger partial charge is 0.356 e. The van der Waals surface area contributed by atoms with Gasteiger partial charge in [0.15, 0.2) is 5.69 Å². The van der Waals surface area contributed by atoms with Gasteiger partial charge in [-0.05, 0) is 73.0 Å². The highest BCUT2D eigenvalue weighted by Gasteiger charge is 2.57. The lowest BCUT2D eigenvalue weighted by atomic mass is 9.49. The van der Waals surface area contributed by atoms with E-state index in [9.17, 15) is 20.1 Å². The number of nitrogens with one attached hydrogen (secondary N) is 1. The van der Waals surface area contributed by atoms with Gasteiger partial charge in [0.05, 0.1) is 0 Å². The van der Waals surface area contributed by atoms with Crippen LogP contribution in [0, 0.1) is 34.5 Å². The summed E-state index contributed by atoms with van der Waals surface area (Å²) in [6, 6.07) is 0. The van der Waals surface area contributed by atoms with Crippen LogP contribution >= 0.6 is 0 Å². The Kier molecular flexibility index (Phi) is 4.70. The molecule has 2 fully saturated rings. The second-order valence-corrected chi connectivity index (χ2v) is 9.76. The third-order valence-electron chi connectivity index (χ3n) is 8.77. The average Bonchev–Trinajstić information content (AvgIpc) is 3.20. The molecule has 154 valence electrons. The number of aromatic nitrogens is 2. The van der Waals surface area contributed by atoms with Gasteiger partial charge in [0, 0.05) is 24.5 Å². The lowest BCUT2D eigenvalue weighted by Gasteiger charge is -2.55. The molecule has 3 aliphatic rings. The number of H-pyrrole nitrogens is 1. The number of aromatic amines is 1. The fourth-order valence-corrected chi connectivity index (χ4v) is 6.92. The summed E-state index contributed by atoms with van der Waals surface area (Å²) >= 11 is 0. The van der Waals surface area contributed by atoms with Crippen molar-refractivity contribution in [3.63, 3.8) is 0 Å². The Balaban J connectivity index is 1.72. The van der Waals surface area contributed by atoms with Crippen molar-refractivity contribution in [3.05, 3.63) is 29.1 Å². The third kappa shape index (κ3) is 2.61. The largest absolute Gasteiger partial charge is 0.476 e. The van der Waals surface area contributed by atoms with Gasteiger partial charge >= 0.3 is 5.97 Å². The lowest BCUT2D eigenvalue weighted by molar-refractivity contribution is -0.0738. The number of hydrogen-bond acceptors (Lipinski definition) is 4. The number of aliphatic hydroxyl groups is 2. The van der Waals surface area contributed by atoms with E-state index in [1.165, 1.54) is 5.57 Å². The van der Waals surface area contributed by atoms with E-state index in [0.29, 0.717) is 18.8 Å². The maximum Gasteiger partial charge on any atom is 0.356 e. The van der Waals surface area contributed by atoms with Gasteiger partial charge < -0.3 is 15.3 Å². The summed E-state index contributed by atoms with van der Waals surface area (Å²) in [7, 11) is 0. The van der Waals surface area contributed by atoms with Crippen LogP contribution in [0.3, 0.4) is 0 Å². The molecule has 0 aliphatic heterocycles. The molecule has 28 heavy (non-hydrogen) atoms. The molecule has 0 spiro atoms. The Morgan fingerprint density at radius 3 is 2.64 bits per heavy atom. The molecular weight excluding hydrogens is 356 g/mol. The number of carboxylic acid groups (broad SMARTS) is 1. The molecule has 0 saturated heterocycles. The van der Waals surface area contributed by atoms with E-state index in [2.05, 4.69) is 30.6 Å². The molecule has 3 aliphatic carbocycles. The van der Waals surface area contributed by atoms with Crippen molar-refractivity contribution in [1.82, 2.24) is 10.2 Å². The molecule has 1 heterocycles. The molecule has 0 aromatic carbocycles. The van der Waals surface area contributed by atoms with E-state index < -0.39 is 5.97 Å². The molecule has 4 rings (SSSR count). The topological polar surface area (TPSA) is 106 Å². The van der Waals surface area contributed by atoms with Crippen LogP contribution in [0.25, 0.3) is 0 Å². The predicted molar refractivity (Wildman–Crippen MR) is 105 cm³/mol. The number of aromatic carboxylic acids is 1. The quantitative estimate of drug-likeness (QED) is 0.594. The number of rotatable bonds is 4. The van der Waals surface area contributed by atoms with E-state index in [1.807, 2.05) is 0 Å². The summed E-state index contributed by atoms with van der Waals surface area (Å²) in [6.45, 7) is 9.00. The maximum atomic E-state index is 11.6. The Morgan fingerprint density at radius 2 is 2.00 bits per heavy atom. The van der Waals surface area contributed by atoms with Crippen molar-refractivity contribution in [2.24, 2.45) is 34.5 Å². The molecule has 6 nitrogen and oxygen atoms in total. The highest BCUT2D eigenvalue weighted by atomic mass is 16.4. The molecule has 0 amide bonds. The fraction of sp³-hybridized carbons (Fsp3) is 0.727. The second-order valence-electron chi connectivity index (χ2n) is 9.76. The summed E-state index contributed by atoms with van der Waals surface area (Å²) < 4.78 is 0. The van der Waals surface area contributed by atoms with Gasteiger partial charge in [-0.25, -0.2) is 4.79 Å². The van der Waals surface area contributed by atoms with Crippen molar-refractivity contribution < 1.29 is 20.1 Å². The molecular formula is C22H32N2O4. The van der Waals surface area contributed by atoms with Gasteiger partial charge in [-0.15, -0.1) is 0 Å². The molecule has 1 aromatic rings. The number of carbonyl (C=O) groups is 1. The average molecular weight is 389 g/mol. The minimum atomic E-state index is -1.01. The molecule has 2 saturated carbocycles. The monoisotopic (exact) mass is 388 g/mol. The zero-order valence-corrected chi connectivity index (χ0v) is 16.9. The first kappa shape index (κ1) is 19.6. The zero-order chi connectivity index (χ0) is 20.3. The van der Waals surface area contributed by atoms with E-state index >= 15 is 0 Å². The SMILES string of the molecule is C=C1CC[C@H]2[C@H](CO)[C@@H]([C@@]3(C)Cc4c(C(=O)O)n[nH]c4C[C@@H]3CO)CC[C@]12C. The second kappa shape index (κ2) is 6.70. The summed E-state index contributed by atoms with van der Waals surface area (Å²) in [5.41, 5.74) is 2.86. The van der Waals surface area contributed by atoms with Gasteiger partial charge in [0.2, 0.25) is 0 Å². The Hall–Kier alpha value is -1.66. The number of hydrogen-bond donors (Lipinski definition) is 4. The normalized spacial score (nSPS) is 40.2. The van der Waals surface area contributed by atoms with Crippen molar-refractivity contribution >= 4 is 5.97 Å². The van der Waals surface area contributed by atoms with Gasteiger partial charge in [-0.2, -0.15) is 5.10 Å². The number of aliphatic hydroxyl groups excluding tert-OH is 2. The minimum absolute atomic E-state index is 0.0232. The van der Waals surface area contributed by atoms with Gasteiger partial charge in [-0.1, -0.05) is 26.0 Å². The minimum Gasteiger partial charge on any atom is -0.476 e. The standard InChI is InChI=1S/C22H32N2O4/c1-12-4-5-16-15(11-26)17(6-7-21(12,16)2)22(3)9-14-18(8-13(22)10-25)23-24-19(14)20(27)28/h13,15-17,25-26H,1,4-11H2,2-3H3,(H,23,24)(H,27,28)/t13-,15+,16+,17+,21-,22+/m1/s1. The van der Waals surface area contributed by atoms with Gasteiger partial charge in [0.25, 0.3) is 0 Å². The Bertz CT molecular complexity index is 802. The zero-order valence-electron chi connectivity index (χ0n) is 16.9. The van der Waals surface area contributed by atoms with Crippen LogP contribution < -0.4 is 0 Å². The van der Waals surface area contributed by atoms with E-state index in [0.717, 1.165) is 36.9 Å². The van der Waals surface area contributed by atoms with E-state index in [4.69, 9.17) is 0 Å². The van der Waals surface area contributed by atoms with Gasteiger partial charge in [-0.3, -0.25) is 5.10 Å². The molecule has 6 heteroatoms. The summed E-state index contributed by atoms with van der Waals surface area (Å²) in [5, 5.41) is 37.1. The summed E-state index contributed by atoms with van der Waals surface area (Å²) in [4.78, 5) is 11.6. The first-order valence-corrected chi connectivity index (χ1v) is 10.5. The third-order valence-corrected chi connectivity index (χ3v) is 8.77. The summed E-state index contributed by atoms with van der Waals surface area (Å²) in [5.74, 6) is -0.189. The molecule has 0 radical (unpaired) electrons.